The van der Waals surface area contributed by atoms with E-state index in [2.05, 4.69) is 5.32 Å². The number of Topliss-reactive ketones (excluding diaryl/α,β-unsaturated/α-hetero) is 1. The van der Waals surface area contributed by atoms with Crippen molar-refractivity contribution in [3.63, 3.8) is 0 Å². The van der Waals surface area contributed by atoms with Gasteiger partial charge in [-0.25, -0.2) is 9.59 Å². The quantitative estimate of drug-likeness (QED) is 0.540. The maximum Gasteiger partial charge on any atom is 0.328 e. The Hall–Kier alpha value is -2.47. The number of benzene rings is 1. The van der Waals surface area contributed by atoms with Crippen molar-refractivity contribution in [2.24, 2.45) is 0 Å². The summed E-state index contributed by atoms with van der Waals surface area (Å²) in [6, 6.07) is 8.31. The molecule has 0 aliphatic heterocycles. The molecule has 1 saturated carbocycles. The number of hydrogen-bond donors (Lipinski definition) is 3. The zero-order valence-corrected chi connectivity index (χ0v) is 14.6. The van der Waals surface area contributed by atoms with Crippen LogP contribution in [0.25, 0.3) is 0 Å². The summed E-state index contributed by atoms with van der Waals surface area (Å²) in [6.07, 6.45) is 6.13. The first kappa shape index (κ1) is 20.6. The fourth-order valence-corrected chi connectivity index (χ4v) is 2.71. The van der Waals surface area contributed by atoms with Crippen LogP contribution >= 0.6 is 0 Å². The Bertz CT molecular complexity index is 616. The maximum atomic E-state index is 12.2. The Labute approximate surface area is 147 Å². The van der Waals surface area contributed by atoms with Crippen LogP contribution in [-0.4, -0.2) is 40.0 Å². The first-order valence-electron chi connectivity index (χ1n) is 8.30. The van der Waals surface area contributed by atoms with Crippen LogP contribution in [0.3, 0.4) is 0 Å². The number of carboxylic acid groups (broad SMARTS) is 2. The number of nitrogens with one attached hydrogen (secondary N) is 1. The molecule has 0 radical (unpaired) electrons. The SMILES string of the molecule is Cc1cccc(C(=O)C(C)NC2CCCC2)c1.O=C(O)/C=C/C(=O)O. The summed E-state index contributed by atoms with van der Waals surface area (Å²) >= 11 is 0. The molecule has 2 rings (SSSR count). The van der Waals surface area contributed by atoms with Crippen LogP contribution in [0.15, 0.2) is 36.4 Å². The summed E-state index contributed by atoms with van der Waals surface area (Å²) in [7, 11) is 0. The van der Waals surface area contributed by atoms with Crippen molar-refractivity contribution in [1.29, 1.82) is 0 Å². The zero-order valence-electron chi connectivity index (χ0n) is 14.6. The fourth-order valence-electron chi connectivity index (χ4n) is 2.71. The van der Waals surface area contributed by atoms with E-state index in [9.17, 15) is 14.4 Å². The van der Waals surface area contributed by atoms with Gasteiger partial charge in [0.2, 0.25) is 0 Å². The average Bonchev–Trinajstić information content (AvgIpc) is 3.05. The lowest BCUT2D eigenvalue weighted by atomic mass is 10.0. The molecule has 0 aromatic heterocycles. The predicted octanol–water partition coefficient (Wildman–Crippen LogP) is 2.81. The van der Waals surface area contributed by atoms with E-state index in [0.29, 0.717) is 18.2 Å². The molecule has 3 N–H and O–H groups in total. The van der Waals surface area contributed by atoms with Crippen LogP contribution in [0.2, 0.25) is 0 Å². The van der Waals surface area contributed by atoms with E-state index in [0.717, 1.165) is 11.1 Å². The molecule has 1 aliphatic carbocycles. The van der Waals surface area contributed by atoms with Gasteiger partial charge < -0.3 is 15.5 Å². The minimum Gasteiger partial charge on any atom is -0.478 e. The molecular formula is C19H25NO5. The number of aryl methyl sites for hydroxylation is 1. The standard InChI is InChI=1S/C15H21NO.C4H4O4/c1-11-6-5-7-13(10-11)15(17)12(2)16-14-8-3-4-9-14;5-3(6)1-2-4(7)8/h5-7,10,12,14,16H,3-4,8-9H2,1-2H3;1-2H,(H,5,6)(H,7,8)/b;2-1+. The van der Waals surface area contributed by atoms with Crippen LogP contribution in [0, 0.1) is 6.92 Å². The van der Waals surface area contributed by atoms with E-state index in [-0.39, 0.29) is 11.8 Å². The summed E-state index contributed by atoms with van der Waals surface area (Å²) in [4.78, 5) is 31.3. The molecule has 1 unspecified atom stereocenters. The second-order valence-corrected chi connectivity index (χ2v) is 6.11. The zero-order chi connectivity index (χ0) is 18.8. The van der Waals surface area contributed by atoms with E-state index in [1.165, 1.54) is 25.7 Å². The first-order valence-corrected chi connectivity index (χ1v) is 8.30. The van der Waals surface area contributed by atoms with Gasteiger partial charge in [-0.15, -0.1) is 0 Å². The topological polar surface area (TPSA) is 104 Å². The van der Waals surface area contributed by atoms with Gasteiger partial charge in [-0.2, -0.15) is 0 Å². The molecule has 1 atom stereocenters. The number of ketones is 1. The molecule has 1 aromatic rings. The van der Waals surface area contributed by atoms with Crippen molar-refractivity contribution in [2.75, 3.05) is 0 Å². The summed E-state index contributed by atoms with van der Waals surface area (Å²) in [5.74, 6) is -2.31. The van der Waals surface area contributed by atoms with Gasteiger partial charge >= 0.3 is 11.9 Å². The monoisotopic (exact) mass is 347 g/mol. The minimum atomic E-state index is -1.26. The van der Waals surface area contributed by atoms with Gasteiger partial charge in [0.05, 0.1) is 6.04 Å². The number of carbonyl (C=O) groups is 3. The lowest BCUT2D eigenvalue weighted by Crippen LogP contribution is -2.40. The Balaban J connectivity index is 0.000000333. The average molecular weight is 347 g/mol. The first-order chi connectivity index (χ1) is 11.8. The van der Waals surface area contributed by atoms with Crippen LogP contribution in [-0.2, 0) is 9.59 Å². The summed E-state index contributed by atoms with van der Waals surface area (Å²) < 4.78 is 0. The molecule has 1 fully saturated rings. The van der Waals surface area contributed by atoms with Gasteiger partial charge in [0.15, 0.2) is 5.78 Å². The molecule has 6 nitrogen and oxygen atoms in total. The highest BCUT2D eigenvalue weighted by atomic mass is 16.4. The summed E-state index contributed by atoms with van der Waals surface area (Å²) in [5.41, 5.74) is 1.96. The molecule has 136 valence electrons. The highest BCUT2D eigenvalue weighted by molar-refractivity contribution is 6.00. The third-order valence-corrected chi connectivity index (χ3v) is 3.91. The molecule has 6 heteroatoms. The van der Waals surface area contributed by atoms with E-state index in [1.807, 2.05) is 38.1 Å². The van der Waals surface area contributed by atoms with Crippen LogP contribution in [0.1, 0.15) is 48.5 Å². The Morgan fingerprint density at radius 2 is 1.68 bits per heavy atom. The third-order valence-electron chi connectivity index (χ3n) is 3.91. The summed E-state index contributed by atoms with van der Waals surface area (Å²) in [5, 5.41) is 19.1. The Morgan fingerprint density at radius 1 is 1.12 bits per heavy atom. The van der Waals surface area contributed by atoms with E-state index < -0.39 is 11.9 Å². The van der Waals surface area contributed by atoms with Gasteiger partial charge in [0.25, 0.3) is 0 Å². The van der Waals surface area contributed by atoms with Gasteiger partial charge in [-0.05, 0) is 32.8 Å². The van der Waals surface area contributed by atoms with Crippen molar-refractivity contribution < 1.29 is 24.6 Å². The molecule has 1 aromatic carbocycles. The minimum absolute atomic E-state index is 0.0695. The van der Waals surface area contributed by atoms with Crippen LogP contribution < -0.4 is 5.32 Å². The smallest absolute Gasteiger partial charge is 0.328 e. The van der Waals surface area contributed by atoms with Crippen LogP contribution in [0.4, 0.5) is 0 Å². The maximum absolute atomic E-state index is 12.2. The molecule has 1 aliphatic rings. The third kappa shape index (κ3) is 8.26. The normalized spacial score (nSPS) is 15.4. The van der Waals surface area contributed by atoms with Crippen molar-refractivity contribution in [1.82, 2.24) is 5.32 Å². The van der Waals surface area contributed by atoms with Gasteiger partial charge in [0, 0.05) is 23.8 Å². The van der Waals surface area contributed by atoms with Crippen molar-refractivity contribution in [2.45, 2.75) is 51.6 Å². The lowest BCUT2D eigenvalue weighted by molar-refractivity contribution is -0.134. The largest absolute Gasteiger partial charge is 0.478 e. The lowest BCUT2D eigenvalue weighted by Gasteiger charge is -2.18. The van der Waals surface area contributed by atoms with Crippen LogP contribution in [0.5, 0.6) is 0 Å². The molecule has 0 saturated heterocycles. The van der Waals surface area contributed by atoms with Crippen molar-refractivity contribution in [3.8, 4) is 0 Å². The highest BCUT2D eigenvalue weighted by Crippen LogP contribution is 2.18. The molecule has 0 heterocycles. The van der Waals surface area contributed by atoms with Gasteiger partial charge in [-0.3, -0.25) is 4.79 Å². The molecular weight excluding hydrogens is 322 g/mol. The molecule has 0 bridgehead atoms. The number of hydrogen-bond acceptors (Lipinski definition) is 4. The highest BCUT2D eigenvalue weighted by Gasteiger charge is 2.21. The second-order valence-electron chi connectivity index (χ2n) is 6.11. The Morgan fingerprint density at radius 3 is 2.16 bits per heavy atom. The van der Waals surface area contributed by atoms with Crippen molar-refractivity contribution >= 4 is 17.7 Å². The Kier molecular flexibility index (Phi) is 8.56. The fraction of sp³-hybridized carbons (Fsp3) is 0.421. The molecule has 25 heavy (non-hydrogen) atoms. The molecule has 0 amide bonds. The molecule has 0 spiro atoms. The van der Waals surface area contributed by atoms with E-state index in [1.54, 1.807) is 0 Å². The number of aliphatic carboxylic acids is 2. The van der Waals surface area contributed by atoms with Gasteiger partial charge in [-0.1, -0.05) is 36.6 Å². The predicted molar refractivity (Wildman–Crippen MR) is 94.8 cm³/mol. The summed E-state index contributed by atoms with van der Waals surface area (Å²) in [6.45, 7) is 3.99. The number of rotatable bonds is 6. The van der Waals surface area contributed by atoms with E-state index >= 15 is 0 Å². The number of carbonyl (C=O) groups excluding carboxylic acids is 1. The second kappa shape index (κ2) is 10.4. The van der Waals surface area contributed by atoms with Gasteiger partial charge in [0.1, 0.15) is 0 Å². The number of carboxylic acids is 2. The van der Waals surface area contributed by atoms with Crippen molar-refractivity contribution in [3.05, 3.63) is 47.5 Å². The van der Waals surface area contributed by atoms with E-state index in [4.69, 9.17) is 10.2 Å².